The number of hydrogen-bond acceptors (Lipinski definition) is 5. The first-order chi connectivity index (χ1) is 14.2. The van der Waals surface area contributed by atoms with Crippen LogP contribution in [0.25, 0.3) is 0 Å². The number of rotatable bonds is 4. The Labute approximate surface area is 171 Å². The van der Waals surface area contributed by atoms with Crippen molar-refractivity contribution in [3.8, 4) is 11.5 Å². The fourth-order valence-electron chi connectivity index (χ4n) is 5.15. The Kier molecular flexibility index (Phi) is 5.08. The maximum atomic E-state index is 13.0. The minimum Gasteiger partial charge on any atom is -0.454 e. The Morgan fingerprint density at radius 3 is 2.59 bits per heavy atom. The summed E-state index contributed by atoms with van der Waals surface area (Å²) in [7, 11) is 0. The molecule has 3 aliphatic heterocycles. The first-order valence-corrected chi connectivity index (χ1v) is 10.9. The van der Waals surface area contributed by atoms with E-state index in [2.05, 4.69) is 11.0 Å². The molecule has 4 aliphatic rings. The van der Waals surface area contributed by atoms with Gasteiger partial charge in [0.2, 0.25) is 18.6 Å². The van der Waals surface area contributed by atoms with E-state index in [1.807, 2.05) is 21.9 Å². The zero-order chi connectivity index (χ0) is 19.8. The number of carbonyl (C=O) groups excluding carboxylic acids is 2. The van der Waals surface area contributed by atoms with Crippen molar-refractivity contribution in [1.82, 2.24) is 14.7 Å². The lowest BCUT2D eigenvalue weighted by atomic mass is 10.1. The summed E-state index contributed by atoms with van der Waals surface area (Å²) in [6.07, 6.45) is 5.01. The maximum absolute atomic E-state index is 13.0. The minimum absolute atomic E-state index is 0.150. The number of benzene rings is 1. The topological polar surface area (TPSA) is 62.3 Å². The Morgan fingerprint density at radius 1 is 1.03 bits per heavy atom. The summed E-state index contributed by atoms with van der Waals surface area (Å²) in [5.74, 6) is 1.82. The van der Waals surface area contributed by atoms with E-state index in [-0.39, 0.29) is 17.7 Å². The summed E-state index contributed by atoms with van der Waals surface area (Å²) in [6, 6.07) is 6.46. The first-order valence-electron chi connectivity index (χ1n) is 10.9. The van der Waals surface area contributed by atoms with Gasteiger partial charge in [-0.3, -0.25) is 14.5 Å². The molecule has 1 aliphatic carbocycles. The number of ether oxygens (including phenoxy) is 2. The van der Waals surface area contributed by atoms with Crippen LogP contribution in [0.15, 0.2) is 18.2 Å². The van der Waals surface area contributed by atoms with Crippen LogP contribution in [0.5, 0.6) is 11.5 Å². The molecule has 0 bridgehead atoms. The predicted octanol–water partition coefficient (Wildman–Crippen LogP) is 1.85. The van der Waals surface area contributed by atoms with Crippen LogP contribution in [0, 0.1) is 5.92 Å². The molecule has 2 saturated heterocycles. The van der Waals surface area contributed by atoms with Crippen molar-refractivity contribution in [3.05, 3.63) is 23.8 Å². The van der Waals surface area contributed by atoms with Crippen LogP contribution >= 0.6 is 0 Å². The number of piperazine rings is 1. The van der Waals surface area contributed by atoms with Crippen LogP contribution in [0.4, 0.5) is 0 Å². The highest BCUT2D eigenvalue weighted by atomic mass is 16.7. The van der Waals surface area contributed by atoms with Gasteiger partial charge in [-0.25, -0.2) is 0 Å². The van der Waals surface area contributed by atoms with E-state index >= 15 is 0 Å². The van der Waals surface area contributed by atoms with Gasteiger partial charge in [0, 0.05) is 51.7 Å². The third-order valence-corrected chi connectivity index (χ3v) is 6.80. The van der Waals surface area contributed by atoms with Crippen molar-refractivity contribution in [1.29, 1.82) is 0 Å². The molecule has 1 aromatic rings. The molecule has 3 heterocycles. The second kappa shape index (κ2) is 7.86. The van der Waals surface area contributed by atoms with Gasteiger partial charge >= 0.3 is 0 Å². The number of nitrogens with zero attached hydrogens (tertiary/aromatic N) is 3. The molecule has 7 heteroatoms. The van der Waals surface area contributed by atoms with E-state index in [4.69, 9.17) is 9.47 Å². The summed E-state index contributed by atoms with van der Waals surface area (Å²) in [6.45, 7) is 4.94. The molecule has 3 fully saturated rings. The van der Waals surface area contributed by atoms with Crippen molar-refractivity contribution < 1.29 is 19.1 Å². The maximum Gasteiger partial charge on any atom is 0.231 e. The Bertz CT molecular complexity index is 784. The van der Waals surface area contributed by atoms with Gasteiger partial charge < -0.3 is 19.3 Å². The lowest BCUT2D eigenvalue weighted by Crippen LogP contribution is -2.50. The van der Waals surface area contributed by atoms with Crippen LogP contribution in [0.2, 0.25) is 0 Å². The third kappa shape index (κ3) is 3.80. The predicted molar refractivity (Wildman–Crippen MR) is 106 cm³/mol. The number of carbonyl (C=O) groups is 2. The summed E-state index contributed by atoms with van der Waals surface area (Å²) >= 11 is 0. The molecule has 29 heavy (non-hydrogen) atoms. The normalized spacial score (nSPS) is 25.2. The van der Waals surface area contributed by atoms with Gasteiger partial charge in [0.1, 0.15) is 0 Å². The van der Waals surface area contributed by atoms with E-state index in [1.165, 1.54) is 18.4 Å². The quantitative estimate of drug-likeness (QED) is 0.773. The average Bonchev–Trinajstić information content (AvgIpc) is 3.48. The van der Waals surface area contributed by atoms with Crippen molar-refractivity contribution in [2.45, 2.75) is 44.7 Å². The van der Waals surface area contributed by atoms with E-state index in [9.17, 15) is 9.59 Å². The van der Waals surface area contributed by atoms with Crippen LogP contribution in [-0.2, 0) is 16.1 Å². The molecule has 0 unspecified atom stereocenters. The standard InChI is InChI=1S/C22H29N3O4/c26-21-12-17(14-25(21)18-3-1-2-4-18)22(27)24-9-7-23(8-10-24)13-16-5-6-19-20(11-16)29-15-28-19/h5-6,11,17-18H,1-4,7-10,12-15H2/t17-/m0/s1. The fourth-order valence-corrected chi connectivity index (χ4v) is 5.15. The van der Waals surface area contributed by atoms with Crippen LogP contribution in [0.3, 0.4) is 0 Å². The highest BCUT2D eigenvalue weighted by molar-refractivity contribution is 5.89. The molecule has 156 valence electrons. The molecule has 0 radical (unpaired) electrons. The molecular formula is C22H29N3O4. The van der Waals surface area contributed by atoms with Gasteiger partial charge in [0.25, 0.3) is 0 Å². The number of amides is 2. The van der Waals surface area contributed by atoms with Crippen LogP contribution in [-0.4, -0.2) is 72.1 Å². The van der Waals surface area contributed by atoms with Crippen molar-refractivity contribution in [2.24, 2.45) is 5.92 Å². The third-order valence-electron chi connectivity index (χ3n) is 6.80. The van der Waals surface area contributed by atoms with E-state index < -0.39 is 0 Å². The SMILES string of the molecule is O=C([C@H]1CC(=O)N(C2CCCC2)C1)N1CCN(Cc2ccc3c(c2)OCO3)CC1. The van der Waals surface area contributed by atoms with Gasteiger partial charge in [-0.2, -0.15) is 0 Å². The summed E-state index contributed by atoms with van der Waals surface area (Å²) < 4.78 is 10.8. The highest BCUT2D eigenvalue weighted by Crippen LogP contribution is 2.33. The largest absolute Gasteiger partial charge is 0.454 e. The number of fused-ring (bicyclic) bond motifs is 1. The van der Waals surface area contributed by atoms with E-state index in [0.29, 0.717) is 25.8 Å². The van der Waals surface area contributed by atoms with Gasteiger partial charge in [-0.15, -0.1) is 0 Å². The van der Waals surface area contributed by atoms with Gasteiger partial charge in [0.05, 0.1) is 5.92 Å². The molecule has 0 spiro atoms. The molecular weight excluding hydrogens is 370 g/mol. The monoisotopic (exact) mass is 399 g/mol. The molecule has 0 N–H and O–H groups in total. The number of hydrogen-bond donors (Lipinski definition) is 0. The molecule has 1 atom stereocenters. The van der Waals surface area contributed by atoms with Crippen LogP contribution < -0.4 is 9.47 Å². The molecule has 5 rings (SSSR count). The molecule has 1 saturated carbocycles. The van der Waals surface area contributed by atoms with Gasteiger partial charge in [-0.1, -0.05) is 18.9 Å². The Balaban J connectivity index is 1.13. The van der Waals surface area contributed by atoms with Gasteiger partial charge in [-0.05, 0) is 30.5 Å². The summed E-state index contributed by atoms with van der Waals surface area (Å²) in [5, 5.41) is 0. The molecule has 1 aromatic carbocycles. The first kappa shape index (κ1) is 18.7. The Hall–Kier alpha value is -2.28. The molecule has 2 amide bonds. The summed E-state index contributed by atoms with van der Waals surface area (Å²) in [4.78, 5) is 31.7. The highest BCUT2D eigenvalue weighted by Gasteiger charge is 2.40. The zero-order valence-corrected chi connectivity index (χ0v) is 16.8. The number of likely N-dealkylation sites (tertiary alicyclic amines) is 1. The average molecular weight is 399 g/mol. The van der Waals surface area contributed by atoms with Gasteiger partial charge in [0.15, 0.2) is 11.5 Å². The lowest BCUT2D eigenvalue weighted by Gasteiger charge is -2.36. The van der Waals surface area contributed by atoms with Crippen LogP contribution in [0.1, 0.15) is 37.7 Å². The van der Waals surface area contributed by atoms with Crippen molar-refractivity contribution in [3.63, 3.8) is 0 Å². The Morgan fingerprint density at radius 2 is 1.79 bits per heavy atom. The molecule has 7 nitrogen and oxygen atoms in total. The van der Waals surface area contributed by atoms with E-state index in [1.54, 1.807) is 0 Å². The fraction of sp³-hybridized carbons (Fsp3) is 0.636. The van der Waals surface area contributed by atoms with E-state index in [0.717, 1.165) is 57.1 Å². The van der Waals surface area contributed by atoms with Crippen molar-refractivity contribution >= 4 is 11.8 Å². The zero-order valence-electron chi connectivity index (χ0n) is 16.8. The summed E-state index contributed by atoms with van der Waals surface area (Å²) in [5.41, 5.74) is 1.20. The molecule has 0 aromatic heterocycles. The van der Waals surface area contributed by atoms with Crippen molar-refractivity contribution in [2.75, 3.05) is 39.5 Å². The second-order valence-corrected chi connectivity index (χ2v) is 8.67. The lowest BCUT2D eigenvalue weighted by molar-refractivity contribution is -0.137. The minimum atomic E-state index is -0.150. The second-order valence-electron chi connectivity index (χ2n) is 8.67. The smallest absolute Gasteiger partial charge is 0.231 e.